The maximum Gasteiger partial charge on any atom is 0.353 e. The molecule has 0 saturated carbocycles. The molecule has 0 saturated heterocycles. The van der Waals surface area contributed by atoms with Crippen molar-refractivity contribution in [3.05, 3.63) is 0 Å². The molecule has 1 rings (SSSR count). The topological polar surface area (TPSA) is 99.4 Å². The quantitative estimate of drug-likeness (QED) is 0.662. The van der Waals surface area contributed by atoms with Crippen LogP contribution >= 0.6 is 0 Å². The summed E-state index contributed by atoms with van der Waals surface area (Å²) in [6.45, 7) is -1.59. The number of aliphatic hydroxyl groups is 1. The number of oxime groups is 1. The number of amides is 1. The summed E-state index contributed by atoms with van der Waals surface area (Å²) < 4.78 is 24.4. The molecule has 9 heteroatoms. The van der Waals surface area contributed by atoms with Gasteiger partial charge >= 0.3 is 5.97 Å². The third-order valence-electron chi connectivity index (χ3n) is 2.23. The Morgan fingerprint density at radius 1 is 1.56 bits per heavy atom. The van der Waals surface area contributed by atoms with Gasteiger partial charge in [0.1, 0.15) is 0 Å². The van der Waals surface area contributed by atoms with Crippen molar-refractivity contribution in [2.75, 3.05) is 19.7 Å². The summed E-state index contributed by atoms with van der Waals surface area (Å²) >= 11 is 0. The van der Waals surface area contributed by atoms with Crippen LogP contribution in [0.15, 0.2) is 5.16 Å². The van der Waals surface area contributed by atoms with E-state index in [4.69, 9.17) is 10.2 Å². The number of alkyl halides is 2. The third kappa shape index (κ3) is 3.62. The van der Waals surface area contributed by atoms with Crippen LogP contribution in [0.3, 0.4) is 0 Å². The smallest absolute Gasteiger partial charge is 0.353 e. The van der Waals surface area contributed by atoms with Gasteiger partial charge in [-0.15, -0.1) is 0 Å². The van der Waals surface area contributed by atoms with Crippen LogP contribution < -0.4 is 0 Å². The Bertz CT molecular complexity index is 361. The van der Waals surface area contributed by atoms with Gasteiger partial charge in [0.05, 0.1) is 13.2 Å². The Labute approximate surface area is 101 Å². The number of aliphatic carboxylic acids is 1. The number of aliphatic hydroxyl groups excluding tert-OH is 1. The van der Waals surface area contributed by atoms with E-state index in [0.717, 1.165) is 4.90 Å². The molecule has 7 nitrogen and oxygen atoms in total. The normalized spacial score (nSPS) is 18.4. The van der Waals surface area contributed by atoms with Crippen molar-refractivity contribution < 1.29 is 33.4 Å². The lowest BCUT2D eigenvalue weighted by molar-refractivity contribution is -0.144. The van der Waals surface area contributed by atoms with E-state index in [2.05, 4.69) is 9.99 Å². The van der Waals surface area contributed by atoms with Crippen LogP contribution in [-0.4, -0.2) is 64.9 Å². The fourth-order valence-corrected chi connectivity index (χ4v) is 1.42. The van der Waals surface area contributed by atoms with E-state index >= 15 is 0 Å². The van der Waals surface area contributed by atoms with Gasteiger partial charge in [-0.2, -0.15) is 0 Å². The van der Waals surface area contributed by atoms with Crippen LogP contribution in [0.5, 0.6) is 0 Å². The molecule has 2 N–H and O–H groups in total. The second-order valence-corrected chi connectivity index (χ2v) is 3.54. The van der Waals surface area contributed by atoms with Crippen molar-refractivity contribution in [1.29, 1.82) is 0 Å². The zero-order valence-corrected chi connectivity index (χ0v) is 9.25. The summed E-state index contributed by atoms with van der Waals surface area (Å²) in [6.07, 6.45) is -4.25. The van der Waals surface area contributed by atoms with E-state index in [1.807, 2.05) is 0 Å². The summed E-state index contributed by atoms with van der Waals surface area (Å²) in [5.41, 5.74) is -0.339. The van der Waals surface area contributed by atoms with E-state index in [-0.39, 0.29) is 18.7 Å². The fourth-order valence-electron chi connectivity index (χ4n) is 1.42. The lowest BCUT2D eigenvalue weighted by Crippen LogP contribution is -2.43. The summed E-state index contributed by atoms with van der Waals surface area (Å²) in [6, 6.07) is 0. The van der Waals surface area contributed by atoms with E-state index in [1.54, 1.807) is 0 Å². The Balaban J connectivity index is 2.60. The third-order valence-corrected chi connectivity index (χ3v) is 2.23. The first-order chi connectivity index (χ1) is 8.45. The lowest BCUT2D eigenvalue weighted by Gasteiger charge is -2.23. The SMILES string of the molecule is O=C(O)C1=NOC(C(=O)N(CCO)CC(F)F)C1. The molecule has 1 unspecified atom stereocenters. The standard InChI is InChI=1S/C9H12F2N2O5/c10-7(11)4-13(1-2-14)8(15)6-3-5(9(16)17)12-18-6/h6-7,14H,1-4H2,(H,16,17). The summed E-state index contributed by atoms with van der Waals surface area (Å²) in [5.74, 6) is -2.14. The maximum atomic E-state index is 12.2. The Kier molecular flexibility index (Phi) is 4.95. The van der Waals surface area contributed by atoms with E-state index in [0.29, 0.717) is 0 Å². The van der Waals surface area contributed by atoms with Crippen LogP contribution in [0, 0.1) is 0 Å². The van der Waals surface area contributed by atoms with Crippen molar-refractivity contribution in [2.24, 2.45) is 5.16 Å². The zero-order valence-electron chi connectivity index (χ0n) is 9.25. The fraction of sp³-hybridized carbons (Fsp3) is 0.667. The van der Waals surface area contributed by atoms with Crippen LogP contribution in [0.1, 0.15) is 6.42 Å². The van der Waals surface area contributed by atoms with Gasteiger partial charge in [-0.25, -0.2) is 13.6 Å². The summed E-state index contributed by atoms with van der Waals surface area (Å²) in [5, 5.41) is 20.5. The minimum absolute atomic E-state index is 0.272. The molecule has 102 valence electrons. The van der Waals surface area contributed by atoms with Crippen molar-refractivity contribution in [3.8, 4) is 0 Å². The molecule has 1 atom stereocenters. The first-order valence-corrected chi connectivity index (χ1v) is 5.09. The van der Waals surface area contributed by atoms with E-state index < -0.39 is 37.6 Å². The first kappa shape index (κ1) is 14.3. The van der Waals surface area contributed by atoms with E-state index in [1.165, 1.54) is 0 Å². The number of halogens is 2. The number of rotatable bonds is 6. The van der Waals surface area contributed by atoms with Crippen molar-refractivity contribution in [2.45, 2.75) is 19.0 Å². The second kappa shape index (κ2) is 6.24. The Morgan fingerprint density at radius 2 is 2.22 bits per heavy atom. The molecule has 0 radical (unpaired) electrons. The number of hydrogen-bond acceptors (Lipinski definition) is 5. The highest BCUT2D eigenvalue weighted by molar-refractivity contribution is 6.36. The number of nitrogens with zero attached hydrogens (tertiary/aromatic N) is 2. The highest BCUT2D eigenvalue weighted by atomic mass is 19.3. The average Bonchev–Trinajstić information content (AvgIpc) is 2.76. The van der Waals surface area contributed by atoms with Gasteiger partial charge in [-0.3, -0.25) is 4.79 Å². The molecule has 1 amide bonds. The molecule has 1 heterocycles. The molecule has 1 aliphatic rings. The number of carbonyl (C=O) groups is 2. The molecule has 0 aromatic heterocycles. The molecular formula is C9H12F2N2O5. The van der Waals surface area contributed by atoms with Gasteiger partial charge in [-0.1, -0.05) is 5.16 Å². The number of carboxylic acids is 1. The van der Waals surface area contributed by atoms with Gasteiger partial charge < -0.3 is 20.0 Å². The minimum atomic E-state index is -2.75. The average molecular weight is 266 g/mol. The van der Waals surface area contributed by atoms with Crippen molar-refractivity contribution >= 4 is 17.6 Å². The number of hydrogen-bond donors (Lipinski definition) is 2. The Hall–Kier alpha value is -1.77. The molecule has 18 heavy (non-hydrogen) atoms. The monoisotopic (exact) mass is 266 g/mol. The summed E-state index contributed by atoms with van der Waals surface area (Å²) in [4.78, 5) is 27.6. The molecule has 0 spiro atoms. The highest BCUT2D eigenvalue weighted by Gasteiger charge is 2.35. The van der Waals surface area contributed by atoms with Crippen LogP contribution in [0.25, 0.3) is 0 Å². The molecule has 0 fully saturated rings. The van der Waals surface area contributed by atoms with Crippen LogP contribution in [-0.2, 0) is 14.4 Å². The molecule has 0 aromatic rings. The van der Waals surface area contributed by atoms with Crippen LogP contribution in [0.2, 0.25) is 0 Å². The minimum Gasteiger partial charge on any atom is -0.477 e. The van der Waals surface area contributed by atoms with Crippen molar-refractivity contribution in [1.82, 2.24) is 4.90 Å². The van der Waals surface area contributed by atoms with Gasteiger partial charge in [0.25, 0.3) is 12.3 Å². The maximum absolute atomic E-state index is 12.2. The zero-order chi connectivity index (χ0) is 13.7. The van der Waals surface area contributed by atoms with Gasteiger partial charge in [0.2, 0.25) is 6.10 Å². The van der Waals surface area contributed by atoms with Gasteiger partial charge in [-0.05, 0) is 0 Å². The predicted octanol–water partition coefficient (Wildman–Crippen LogP) is -0.698. The molecule has 0 bridgehead atoms. The van der Waals surface area contributed by atoms with E-state index in [9.17, 15) is 18.4 Å². The number of carboxylic acid groups (broad SMARTS) is 1. The predicted molar refractivity (Wildman–Crippen MR) is 54.2 cm³/mol. The highest BCUT2D eigenvalue weighted by Crippen LogP contribution is 2.14. The molecule has 0 aliphatic carbocycles. The first-order valence-electron chi connectivity index (χ1n) is 5.09. The molecule has 0 aromatic carbocycles. The molecule has 1 aliphatic heterocycles. The van der Waals surface area contributed by atoms with Gasteiger partial charge in [0.15, 0.2) is 5.71 Å². The number of carbonyl (C=O) groups excluding carboxylic acids is 1. The van der Waals surface area contributed by atoms with Crippen molar-refractivity contribution in [3.63, 3.8) is 0 Å². The lowest BCUT2D eigenvalue weighted by atomic mass is 10.1. The van der Waals surface area contributed by atoms with Gasteiger partial charge in [0, 0.05) is 13.0 Å². The second-order valence-electron chi connectivity index (χ2n) is 3.54. The van der Waals surface area contributed by atoms with Crippen LogP contribution in [0.4, 0.5) is 8.78 Å². The molecular weight excluding hydrogens is 254 g/mol. The largest absolute Gasteiger partial charge is 0.477 e. The Morgan fingerprint density at radius 3 is 2.67 bits per heavy atom. The summed E-state index contributed by atoms with van der Waals surface area (Å²) in [7, 11) is 0.